The fourth-order valence-electron chi connectivity index (χ4n) is 5.10. The molecule has 1 N–H and O–H groups in total. The molecule has 3 rings (SSSR count). The van der Waals surface area contributed by atoms with Crippen molar-refractivity contribution in [3.05, 3.63) is 0 Å². The summed E-state index contributed by atoms with van der Waals surface area (Å²) in [5.41, 5.74) is 0. The first-order valence-corrected chi connectivity index (χ1v) is 9.18. The number of hydrogen-bond acceptors (Lipinski definition) is 2. The van der Waals surface area contributed by atoms with Crippen molar-refractivity contribution in [3.63, 3.8) is 0 Å². The highest BCUT2D eigenvalue weighted by atomic mass is 35.5. The summed E-state index contributed by atoms with van der Waals surface area (Å²) >= 11 is 0. The fourth-order valence-corrected chi connectivity index (χ4v) is 5.10. The molecule has 1 amide bonds. The smallest absolute Gasteiger partial charge is 0.223 e. The quantitative estimate of drug-likeness (QED) is 0.858. The van der Waals surface area contributed by atoms with E-state index in [-0.39, 0.29) is 12.4 Å². The summed E-state index contributed by atoms with van der Waals surface area (Å²) in [6.07, 6.45) is 9.82. The lowest BCUT2D eigenvalue weighted by Crippen LogP contribution is -2.43. The highest BCUT2D eigenvalue weighted by molar-refractivity contribution is 5.85. The predicted molar refractivity (Wildman–Crippen MR) is 93.3 cm³/mol. The Balaban J connectivity index is 0.00000176. The van der Waals surface area contributed by atoms with Crippen molar-refractivity contribution in [2.45, 2.75) is 77.3 Å². The van der Waals surface area contributed by atoms with Crippen LogP contribution in [0.25, 0.3) is 0 Å². The first kappa shape index (κ1) is 18.1. The van der Waals surface area contributed by atoms with E-state index in [0.29, 0.717) is 23.9 Å². The van der Waals surface area contributed by atoms with Gasteiger partial charge in [0, 0.05) is 18.5 Å². The Kier molecular flexibility index (Phi) is 6.58. The van der Waals surface area contributed by atoms with Crippen LogP contribution < -0.4 is 5.32 Å². The van der Waals surface area contributed by atoms with Crippen molar-refractivity contribution < 1.29 is 4.79 Å². The van der Waals surface area contributed by atoms with Crippen LogP contribution in [0.5, 0.6) is 0 Å². The third kappa shape index (κ3) is 3.79. The SMILES string of the molecule is CC(CC(=O)N1C(C)CC2CCCCC21)C1CCNCC1.Cl. The normalized spacial score (nSPS) is 33.9. The molecule has 3 fully saturated rings. The van der Waals surface area contributed by atoms with Gasteiger partial charge in [-0.1, -0.05) is 19.8 Å². The topological polar surface area (TPSA) is 32.3 Å². The molecule has 0 aromatic carbocycles. The van der Waals surface area contributed by atoms with Gasteiger partial charge in [-0.05, 0) is 69.9 Å². The molecule has 2 aliphatic heterocycles. The van der Waals surface area contributed by atoms with Crippen molar-refractivity contribution in [2.24, 2.45) is 17.8 Å². The molecular formula is C18H33ClN2O. The van der Waals surface area contributed by atoms with Crippen molar-refractivity contribution in [1.29, 1.82) is 0 Å². The van der Waals surface area contributed by atoms with Crippen molar-refractivity contribution in [1.82, 2.24) is 10.2 Å². The number of halogens is 1. The van der Waals surface area contributed by atoms with Crippen LogP contribution in [0.4, 0.5) is 0 Å². The van der Waals surface area contributed by atoms with Crippen LogP contribution in [0.2, 0.25) is 0 Å². The maximum Gasteiger partial charge on any atom is 0.223 e. The molecule has 0 radical (unpaired) electrons. The van der Waals surface area contributed by atoms with Crippen LogP contribution >= 0.6 is 12.4 Å². The van der Waals surface area contributed by atoms with Gasteiger partial charge < -0.3 is 10.2 Å². The van der Waals surface area contributed by atoms with Crippen molar-refractivity contribution in [3.8, 4) is 0 Å². The Bertz CT molecular complexity index is 370. The third-order valence-corrected chi connectivity index (χ3v) is 6.32. The van der Waals surface area contributed by atoms with Gasteiger partial charge in [-0.15, -0.1) is 12.4 Å². The molecule has 4 unspecified atom stereocenters. The van der Waals surface area contributed by atoms with Crippen LogP contribution in [0.1, 0.15) is 65.2 Å². The minimum Gasteiger partial charge on any atom is -0.337 e. The number of piperidine rings is 1. The van der Waals surface area contributed by atoms with Gasteiger partial charge >= 0.3 is 0 Å². The third-order valence-electron chi connectivity index (χ3n) is 6.32. The van der Waals surface area contributed by atoms with Gasteiger partial charge in [0.05, 0.1) is 0 Å². The molecule has 0 spiro atoms. The molecule has 1 aliphatic carbocycles. The molecule has 4 heteroatoms. The minimum absolute atomic E-state index is 0. The zero-order valence-corrected chi connectivity index (χ0v) is 15.0. The highest BCUT2D eigenvalue weighted by Gasteiger charge is 2.42. The van der Waals surface area contributed by atoms with Crippen molar-refractivity contribution in [2.75, 3.05) is 13.1 Å². The van der Waals surface area contributed by atoms with Gasteiger partial charge in [0.15, 0.2) is 0 Å². The summed E-state index contributed by atoms with van der Waals surface area (Å²) in [6.45, 7) is 6.83. The van der Waals surface area contributed by atoms with E-state index in [9.17, 15) is 4.79 Å². The summed E-state index contributed by atoms with van der Waals surface area (Å²) in [6, 6.07) is 1.05. The summed E-state index contributed by atoms with van der Waals surface area (Å²) < 4.78 is 0. The molecule has 0 aromatic heterocycles. The first-order valence-electron chi connectivity index (χ1n) is 9.18. The van der Waals surface area contributed by atoms with Gasteiger partial charge in [-0.2, -0.15) is 0 Å². The molecule has 0 bridgehead atoms. The average Bonchev–Trinajstić information content (AvgIpc) is 2.83. The van der Waals surface area contributed by atoms with Crippen LogP contribution in [0.15, 0.2) is 0 Å². The Hall–Kier alpha value is -0.280. The maximum atomic E-state index is 12.9. The lowest BCUT2D eigenvalue weighted by Gasteiger charge is -2.35. The number of amides is 1. The summed E-state index contributed by atoms with van der Waals surface area (Å²) in [4.78, 5) is 15.2. The van der Waals surface area contributed by atoms with E-state index in [1.54, 1.807) is 0 Å². The zero-order valence-electron chi connectivity index (χ0n) is 14.2. The first-order chi connectivity index (χ1) is 10.2. The highest BCUT2D eigenvalue weighted by Crippen LogP contribution is 2.40. The van der Waals surface area contributed by atoms with Crippen molar-refractivity contribution >= 4 is 18.3 Å². The number of hydrogen-bond donors (Lipinski definition) is 1. The maximum absolute atomic E-state index is 12.9. The van der Waals surface area contributed by atoms with Gasteiger partial charge in [-0.3, -0.25) is 4.79 Å². The Morgan fingerprint density at radius 1 is 1.18 bits per heavy atom. The molecule has 4 atom stereocenters. The molecule has 2 saturated heterocycles. The average molecular weight is 329 g/mol. The molecule has 3 aliphatic rings. The van der Waals surface area contributed by atoms with E-state index in [1.165, 1.54) is 44.9 Å². The van der Waals surface area contributed by atoms with E-state index in [4.69, 9.17) is 0 Å². The Morgan fingerprint density at radius 2 is 1.86 bits per heavy atom. The molecule has 128 valence electrons. The van der Waals surface area contributed by atoms with Gasteiger partial charge in [-0.25, -0.2) is 0 Å². The summed E-state index contributed by atoms with van der Waals surface area (Å²) in [5, 5.41) is 3.43. The zero-order chi connectivity index (χ0) is 14.8. The second kappa shape index (κ2) is 8.01. The summed E-state index contributed by atoms with van der Waals surface area (Å²) in [5.74, 6) is 2.54. The number of fused-ring (bicyclic) bond motifs is 1. The number of likely N-dealkylation sites (tertiary alicyclic amines) is 1. The van der Waals surface area contributed by atoms with Crippen LogP contribution in [-0.4, -0.2) is 36.0 Å². The number of nitrogens with one attached hydrogen (secondary N) is 1. The Morgan fingerprint density at radius 3 is 2.59 bits per heavy atom. The Labute approximate surface area is 142 Å². The van der Waals surface area contributed by atoms with Crippen LogP contribution in [0.3, 0.4) is 0 Å². The van der Waals surface area contributed by atoms with Gasteiger partial charge in [0.2, 0.25) is 5.91 Å². The second-order valence-corrected chi connectivity index (χ2v) is 7.77. The number of rotatable bonds is 3. The fraction of sp³-hybridized carbons (Fsp3) is 0.944. The van der Waals surface area contributed by atoms with Crippen LogP contribution in [-0.2, 0) is 4.79 Å². The number of nitrogens with zero attached hydrogens (tertiary/aromatic N) is 1. The standard InChI is InChI=1S/C18H32N2O.ClH/c1-13(15-7-9-19-10-8-15)11-18(21)20-14(2)12-16-5-3-4-6-17(16)20;/h13-17,19H,3-12H2,1-2H3;1H. The molecular weight excluding hydrogens is 296 g/mol. The predicted octanol–water partition coefficient (Wildman–Crippen LogP) is 3.61. The van der Waals surface area contributed by atoms with Gasteiger partial charge in [0.25, 0.3) is 0 Å². The van der Waals surface area contributed by atoms with Gasteiger partial charge in [0.1, 0.15) is 0 Å². The van der Waals surface area contributed by atoms with Crippen LogP contribution in [0, 0.1) is 17.8 Å². The molecule has 2 heterocycles. The van der Waals surface area contributed by atoms with E-state index in [1.807, 2.05) is 0 Å². The van der Waals surface area contributed by atoms with E-state index in [2.05, 4.69) is 24.1 Å². The lowest BCUT2D eigenvalue weighted by atomic mass is 9.83. The number of carbonyl (C=O) groups is 1. The lowest BCUT2D eigenvalue weighted by molar-refractivity contribution is -0.136. The minimum atomic E-state index is 0. The van der Waals surface area contributed by atoms with E-state index in [0.717, 1.165) is 31.3 Å². The van der Waals surface area contributed by atoms with E-state index >= 15 is 0 Å². The largest absolute Gasteiger partial charge is 0.337 e. The molecule has 3 nitrogen and oxygen atoms in total. The second-order valence-electron chi connectivity index (χ2n) is 7.77. The molecule has 22 heavy (non-hydrogen) atoms. The number of carbonyl (C=O) groups excluding carboxylic acids is 1. The molecule has 0 aromatic rings. The monoisotopic (exact) mass is 328 g/mol. The molecule has 1 saturated carbocycles. The van der Waals surface area contributed by atoms with E-state index < -0.39 is 0 Å². The summed E-state index contributed by atoms with van der Waals surface area (Å²) in [7, 11) is 0.